The van der Waals surface area contributed by atoms with E-state index in [0.29, 0.717) is 10.6 Å². The molecule has 0 aliphatic carbocycles. The Hall–Kier alpha value is -1.64. The SMILES string of the molecule is Cn1c(SCCS(=O)(=O)c2ccccc2)nnc1-c1cccs1. The fraction of sp³-hybridized carbons (Fsp3) is 0.200. The molecule has 0 fully saturated rings. The molecular weight excluding hydrogens is 350 g/mol. The van der Waals surface area contributed by atoms with Crippen LogP contribution in [0.2, 0.25) is 0 Å². The number of benzene rings is 1. The highest BCUT2D eigenvalue weighted by molar-refractivity contribution is 8.00. The molecule has 0 amide bonds. The molecule has 0 spiro atoms. The third-order valence-electron chi connectivity index (χ3n) is 3.26. The van der Waals surface area contributed by atoms with Crippen LogP contribution in [0, 0.1) is 0 Å². The Kier molecular flexibility index (Phi) is 4.84. The number of nitrogens with zero attached hydrogens (tertiary/aromatic N) is 3. The first-order valence-electron chi connectivity index (χ1n) is 6.92. The molecule has 0 aliphatic heterocycles. The lowest BCUT2D eigenvalue weighted by atomic mass is 10.4. The molecule has 1 aromatic carbocycles. The summed E-state index contributed by atoms with van der Waals surface area (Å²) >= 11 is 3.00. The predicted octanol–water partition coefficient (Wildman–Crippen LogP) is 3.11. The van der Waals surface area contributed by atoms with E-state index in [1.807, 2.05) is 29.1 Å². The maximum Gasteiger partial charge on any atom is 0.191 e. The Bertz CT molecular complexity index is 872. The molecule has 0 saturated carbocycles. The van der Waals surface area contributed by atoms with Crippen molar-refractivity contribution in [3.63, 3.8) is 0 Å². The summed E-state index contributed by atoms with van der Waals surface area (Å²) in [4.78, 5) is 1.40. The monoisotopic (exact) mass is 365 g/mol. The first kappa shape index (κ1) is 16.2. The van der Waals surface area contributed by atoms with Gasteiger partial charge in [0.15, 0.2) is 20.8 Å². The van der Waals surface area contributed by atoms with Gasteiger partial charge >= 0.3 is 0 Å². The number of hydrogen-bond donors (Lipinski definition) is 0. The van der Waals surface area contributed by atoms with Crippen LogP contribution < -0.4 is 0 Å². The molecule has 2 heterocycles. The maximum absolute atomic E-state index is 12.2. The third-order valence-corrected chi connectivity index (χ3v) is 7.14. The second-order valence-electron chi connectivity index (χ2n) is 4.82. The number of aromatic nitrogens is 3. The quantitative estimate of drug-likeness (QED) is 0.628. The second kappa shape index (κ2) is 6.86. The van der Waals surface area contributed by atoms with Gasteiger partial charge in [-0.25, -0.2) is 8.42 Å². The highest BCUT2D eigenvalue weighted by Crippen LogP contribution is 2.26. The molecule has 0 aliphatic rings. The van der Waals surface area contributed by atoms with Gasteiger partial charge in [-0.05, 0) is 23.6 Å². The van der Waals surface area contributed by atoms with Gasteiger partial charge in [-0.3, -0.25) is 0 Å². The number of thiophene rings is 1. The van der Waals surface area contributed by atoms with Gasteiger partial charge in [-0.2, -0.15) is 0 Å². The summed E-state index contributed by atoms with van der Waals surface area (Å²) in [5, 5.41) is 11.0. The minimum absolute atomic E-state index is 0.0723. The summed E-state index contributed by atoms with van der Waals surface area (Å²) in [5.41, 5.74) is 0. The number of thioether (sulfide) groups is 1. The summed E-state index contributed by atoms with van der Waals surface area (Å²) in [6, 6.07) is 12.5. The molecule has 3 rings (SSSR count). The Morgan fingerprint density at radius 3 is 2.61 bits per heavy atom. The van der Waals surface area contributed by atoms with E-state index in [1.165, 1.54) is 11.8 Å². The van der Waals surface area contributed by atoms with Gasteiger partial charge in [0, 0.05) is 12.8 Å². The number of sulfone groups is 1. The molecule has 2 aromatic heterocycles. The van der Waals surface area contributed by atoms with Crippen molar-refractivity contribution < 1.29 is 8.42 Å². The molecule has 3 aromatic rings. The Labute approximate surface area is 143 Å². The van der Waals surface area contributed by atoms with E-state index in [0.717, 1.165) is 15.9 Å². The van der Waals surface area contributed by atoms with E-state index in [-0.39, 0.29) is 5.75 Å². The highest BCUT2D eigenvalue weighted by Gasteiger charge is 2.16. The van der Waals surface area contributed by atoms with Crippen molar-refractivity contribution in [1.82, 2.24) is 14.8 Å². The summed E-state index contributed by atoms with van der Waals surface area (Å²) in [5.74, 6) is 1.31. The van der Waals surface area contributed by atoms with E-state index >= 15 is 0 Å². The predicted molar refractivity (Wildman–Crippen MR) is 93.5 cm³/mol. The fourth-order valence-electron chi connectivity index (χ4n) is 2.05. The molecule has 120 valence electrons. The minimum Gasteiger partial charge on any atom is -0.305 e. The Morgan fingerprint density at radius 2 is 1.91 bits per heavy atom. The average molecular weight is 366 g/mol. The third kappa shape index (κ3) is 3.65. The van der Waals surface area contributed by atoms with Crippen LogP contribution in [0.4, 0.5) is 0 Å². The lowest BCUT2D eigenvalue weighted by Gasteiger charge is -2.04. The maximum atomic E-state index is 12.2. The molecule has 0 radical (unpaired) electrons. The lowest BCUT2D eigenvalue weighted by molar-refractivity contribution is 0.597. The zero-order valence-corrected chi connectivity index (χ0v) is 14.9. The molecule has 0 unspecified atom stereocenters. The normalized spacial score (nSPS) is 11.7. The first-order valence-corrected chi connectivity index (χ1v) is 10.4. The van der Waals surface area contributed by atoms with Crippen molar-refractivity contribution in [2.45, 2.75) is 10.1 Å². The van der Waals surface area contributed by atoms with Crippen LogP contribution in [-0.2, 0) is 16.9 Å². The van der Waals surface area contributed by atoms with Gasteiger partial charge in [0.25, 0.3) is 0 Å². The zero-order valence-electron chi connectivity index (χ0n) is 12.4. The topological polar surface area (TPSA) is 64.8 Å². The Morgan fingerprint density at radius 1 is 1.13 bits per heavy atom. The number of hydrogen-bond acceptors (Lipinski definition) is 6. The van der Waals surface area contributed by atoms with Gasteiger partial charge in [-0.1, -0.05) is 36.0 Å². The van der Waals surface area contributed by atoms with Gasteiger partial charge in [0.1, 0.15) is 0 Å². The van der Waals surface area contributed by atoms with Crippen molar-refractivity contribution in [2.75, 3.05) is 11.5 Å². The van der Waals surface area contributed by atoms with Crippen molar-refractivity contribution >= 4 is 32.9 Å². The van der Waals surface area contributed by atoms with E-state index in [4.69, 9.17) is 0 Å². The largest absolute Gasteiger partial charge is 0.305 e. The van der Waals surface area contributed by atoms with Crippen LogP contribution in [0.1, 0.15) is 0 Å². The molecule has 0 atom stereocenters. The van der Waals surface area contributed by atoms with Gasteiger partial charge in [-0.15, -0.1) is 21.5 Å². The summed E-state index contributed by atoms with van der Waals surface area (Å²) < 4.78 is 26.4. The van der Waals surface area contributed by atoms with Crippen molar-refractivity contribution in [1.29, 1.82) is 0 Å². The van der Waals surface area contributed by atoms with Gasteiger partial charge in [0.2, 0.25) is 0 Å². The van der Waals surface area contributed by atoms with Crippen LogP contribution in [0.5, 0.6) is 0 Å². The van der Waals surface area contributed by atoms with E-state index in [9.17, 15) is 8.42 Å². The van der Waals surface area contributed by atoms with Gasteiger partial charge < -0.3 is 4.57 Å². The van der Waals surface area contributed by atoms with E-state index in [1.54, 1.807) is 41.7 Å². The molecule has 23 heavy (non-hydrogen) atoms. The minimum atomic E-state index is -3.26. The molecule has 5 nitrogen and oxygen atoms in total. The molecule has 0 saturated heterocycles. The van der Waals surface area contributed by atoms with Crippen LogP contribution in [0.15, 0.2) is 57.9 Å². The molecule has 8 heteroatoms. The van der Waals surface area contributed by atoms with Crippen LogP contribution in [0.25, 0.3) is 10.7 Å². The van der Waals surface area contributed by atoms with Crippen LogP contribution in [0.3, 0.4) is 0 Å². The molecule has 0 N–H and O–H groups in total. The highest BCUT2D eigenvalue weighted by atomic mass is 32.2. The zero-order chi connectivity index (χ0) is 16.3. The summed E-state index contributed by atoms with van der Waals surface area (Å²) in [6.07, 6.45) is 0. The van der Waals surface area contributed by atoms with E-state index in [2.05, 4.69) is 10.2 Å². The molecule has 0 bridgehead atoms. The smallest absolute Gasteiger partial charge is 0.191 e. The summed E-state index contributed by atoms with van der Waals surface area (Å²) in [6.45, 7) is 0. The second-order valence-corrected chi connectivity index (χ2v) is 8.94. The number of rotatable bonds is 6. The first-order chi connectivity index (χ1) is 11.1. The molecular formula is C15H15N3O2S3. The van der Waals surface area contributed by atoms with Crippen LogP contribution >= 0.6 is 23.1 Å². The lowest BCUT2D eigenvalue weighted by Crippen LogP contribution is -2.09. The van der Waals surface area contributed by atoms with Crippen molar-refractivity contribution in [3.8, 4) is 10.7 Å². The summed E-state index contributed by atoms with van der Waals surface area (Å²) in [7, 11) is -1.36. The van der Waals surface area contributed by atoms with Crippen molar-refractivity contribution in [2.24, 2.45) is 7.05 Å². The standard InChI is InChI=1S/C15H15N3O2S3/c1-18-14(13-8-5-9-21-13)16-17-15(18)22-10-11-23(19,20)12-6-3-2-4-7-12/h2-9H,10-11H2,1H3. The van der Waals surface area contributed by atoms with Crippen molar-refractivity contribution in [3.05, 3.63) is 47.8 Å². The van der Waals surface area contributed by atoms with Gasteiger partial charge in [0.05, 0.1) is 15.5 Å². The van der Waals surface area contributed by atoms with E-state index < -0.39 is 9.84 Å². The Balaban J connectivity index is 1.66. The van der Waals surface area contributed by atoms with Crippen LogP contribution in [-0.4, -0.2) is 34.7 Å². The average Bonchev–Trinajstić information content (AvgIpc) is 3.19. The fourth-order valence-corrected chi connectivity index (χ4v) is 5.37.